The normalized spacial score (nSPS) is 21.0. The van der Waals surface area contributed by atoms with Crippen LogP contribution in [0.1, 0.15) is 42.6 Å². The molecule has 0 aromatic heterocycles. The molecule has 1 fully saturated rings. The Kier molecular flexibility index (Phi) is 8.52. The van der Waals surface area contributed by atoms with Crippen LogP contribution in [-0.2, 0) is 21.2 Å². The molecule has 2 unspecified atom stereocenters. The Labute approximate surface area is 206 Å². The summed E-state index contributed by atoms with van der Waals surface area (Å²) in [5, 5.41) is 6.35. The van der Waals surface area contributed by atoms with E-state index in [4.69, 9.17) is 11.6 Å². The van der Waals surface area contributed by atoms with Crippen molar-refractivity contribution in [2.45, 2.75) is 56.1 Å². The van der Waals surface area contributed by atoms with Gasteiger partial charge in [0.25, 0.3) is 5.91 Å². The fraction of sp³-hybridized carbons (Fsp3) is 0.360. The van der Waals surface area contributed by atoms with E-state index in [0.717, 1.165) is 5.56 Å². The first kappa shape index (κ1) is 25.9. The van der Waals surface area contributed by atoms with E-state index < -0.39 is 10.0 Å². The molecule has 2 aromatic carbocycles. The summed E-state index contributed by atoms with van der Waals surface area (Å²) in [6, 6.07) is 12.7. The molecule has 9 heteroatoms. The van der Waals surface area contributed by atoms with Gasteiger partial charge in [-0.25, -0.2) is 8.42 Å². The van der Waals surface area contributed by atoms with E-state index >= 15 is 0 Å². The first-order valence-corrected chi connectivity index (χ1v) is 13.0. The number of halogens is 1. The highest BCUT2D eigenvalue weighted by molar-refractivity contribution is 7.89. The minimum atomic E-state index is -3.76. The van der Waals surface area contributed by atoms with Crippen molar-refractivity contribution in [3.05, 3.63) is 77.3 Å². The second-order valence-electron chi connectivity index (χ2n) is 8.57. The van der Waals surface area contributed by atoms with Crippen molar-refractivity contribution in [2.75, 3.05) is 6.54 Å². The number of piperidine rings is 1. The molecule has 182 valence electrons. The predicted octanol–water partition coefficient (Wildman–Crippen LogP) is 3.54. The molecule has 2 aromatic rings. The van der Waals surface area contributed by atoms with E-state index in [9.17, 15) is 18.0 Å². The molecular formula is C25H30ClN3O4S. The zero-order chi connectivity index (χ0) is 24.9. The quantitative estimate of drug-likeness (QED) is 0.538. The van der Waals surface area contributed by atoms with Gasteiger partial charge >= 0.3 is 0 Å². The van der Waals surface area contributed by atoms with Gasteiger partial charge in [0.1, 0.15) is 0 Å². The maximum Gasteiger partial charge on any atom is 0.251 e. The second-order valence-corrected chi connectivity index (χ2v) is 10.9. The number of rotatable bonds is 8. The molecule has 1 heterocycles. The summed E-state index contributed by atoms with van der Waals surface area (Å²) in [6.07, 6.45) is 2.87. The van der Waals surface area contributed by atoms with Gasteiger partial charge < -0.3 is 10.6 Å². The molecule has 0 saturated carbocycles. The summed E-state index contributed by atoms with van der Waals surface area (Å²) in [6.45, 7) is 7.57. The number of hydrogen-bond acceptors (Lipinski definition) is 4. The summed E-state index contributed by atoms with van der Waals surface area (Å²) in [7, 11) is -3.76. The van der Waals surface area contributed by atoms with E-state index in [2.05, 4.69) is 17.2 Å². The van der Waals surface area contributed by atoms with Crippen LogP contribution in [-0.4, -0.2) is 49.2 Å². The van der Waals surface area contributed by atoms with Crippen molar-refractivity contribution in [3.63, 3.8) is 0 Å². The smallest absolute Gasteiger partial charge is 0.251 e. The Bertz CT molecular complexity index is 1140. The molecule has 0 bridgehead atoms. The van der Waals surface area contributed by atoms with E-state index in [0.29, 0.717) is 36.4 Å². The largest absolute Gasteiger partial charge is 0.352 e. The van der Waals surface area contributed by atoms with Gasteiger partial charge in [-0.15, -0.1) is 0 Å². The molecular weight excluding hydrogens is 474 g/mol. The number of nitrogens with one attached hydrogen (secondary N) is 2. The SMILES string of the molecule is C=CC(=O)NC1CC(C)N(S(=O)(=O)c2ccc(C(=O)NCCc3cccc(Cl)c3)cc2)C(C)C1. The lowest BCUT2D eigenvalue weighted by molar-refractivity contribution is -0.117. The molecule has 1 saturated heterocycles. The molecule has 0 aliphatic carbocycles. The molecule has 0 spiro atoms. The summed E-state index contributed by atoms with van der Waals surface area (Å²) < 4.78 is 28.2. The third-order valence-electron chi connectivity index (χ3n) is 5.93. The van der Waals surface area contributed by atoms with Crippen LogP contribution in [0, 0.1) is 0 Å². The van der Waals surface area contributed by atoms with Gasteiger partial charge in [0, 0.05) is 35.3 Å². The average Bonchev–Trinajstić information content (AvgIpc) is 2.78. The lowest BCUT2D eigenvalue weighted by Gasteiger charge is -2.41. The fourth-order valence-corrected chi connectivity index (χ4v) is 6.48. The van der Waals surface area contributed by atoms with Crippen LogP contribution >= 0.6 is 11.6 Å². The van der Waals surface area contributed by atoms with Crippen LogP contribution in [0.15, 0.2) is 66.1 Å². The van der Waals surface area contributed by atoms with Gasteiger partial charge in [-0.1, -0.05) is 30.3 Å². The van der Waals surface area contributed by atoms with E-state index in [-0.39, 0.29) is 34.8 Å². The van der Waals surface area contributed by atoms with Crippen molar-refractivity contribution >= 4 is 33.4 Å². The number of carbonyl (C=O) groups excluding carboxylic acids is 2. The molecule has 34 heavy (non-hydrogen) atoms. The Morgan fingerprint density at radius 2 is 1.76 bits per heavy atom. The zero-order valence-corrected chi connectivity index (χ0v) is 20.9. The summed E-state index contributed by atoms with van der Waals surface area (Å²) in [5.74, 6) is -0.534. The lowest BCUT2D eigenvalue weighted by Crippen LogP contribution is -2.54. The third-order valence-corrected chi connectivity index (χ3v) is 8.31. The molecule has 3 rings (SSSR count). The van der Waals surface area contributed by atoms with Gasteiger partial charge in [-0.2, -0.15) is 4.31 Å². The second kappa shape index (κ2) is 11.2. The summed E-state index contributed by atoms with van der Waals surface area (Å²) in [5.41, 5.74) is 1.40. The van der Waals surface area contributed by atoms with Gasteiger partial charge in [-0.05, 0) is 81.1 Å². The first-order chi connectivity index (χ1) is 16.1. The third kappa shape index (κ3) is 6.25. The maximum absolute atomic E-state index is 13.3. The van der Waals surface area contributed by atoms with Gasteiger partial charge in [0.05, 0.1) is 4.90 Å². The highest BCUT2D eigenvalue weighted by Crippen LogP contribution is 2.30. The van der Waals surface area contributed by atoms with Crippen molar-refractivity contribution < 1.29 is 18.0 Å². The number of carbonyl (C=O) groups is 2. The van der Waals surface area contributed by atoms with E-state index in [1.165, 1.54) is 34.6 Å². The van der Waals surface area contributed by atoms with Gasteiger partial charge in [0.15, 0.2) is 0 Å². The lowest BCUT2D eigenvalue weighted by atomic mass is 9.95. The Morgan fingerprint density at radius 3 is 2.35 bits per heavy atom. The molecule has 2 N–H and O–H groups in total. The van der Waals surface area contributed by atoms with Gasteiger partial charge in [-0.3, -0.25) is 9.59 Å². The van der Waals surface area contributed by atoms with Crippen molar-refractivity contribution in [3.8, 4) is 0 Å². The van der Waals surface area contributed by atoms with Crippen LogP contribution in [0.25, 0.3) is 0 Å². The highest BCUT2D eigenvalue weighted by Gasteiger charge is 2.39. The number of sulfonamides is 1. The van der Waals surface area contributed by atoms with Crippen LogP contribution in [0.5, 0.6) is 0 Å². The van der Waals surface area contributed by atoms with Crippen molar-refractivity contribution in [1.29, 1.82) is 0 Å². The van der Waals surface area contributed by atoms with Crippen LogP contribution in [0.3, 0.4) is 0 Å². The predicted molar refractivity (Wildman–Crippen MR) is 133 cm³/mol. The zero-order valence-electron chi connectivity index (χ0n) is 19.3. The molecule has 7 nitrogen and oxygen atoms in total. The van der Waals surface area contributed by atoms with Crippen LogP contribution in [0.4, 0.5) is 0 Å². The van der Waals surface area contributed by atoms with Crippen LogP contribution < -0.4 is 10.6 Å². The molecule has 1 aliphatic heterocycles. The Balaban J connectivity index is 1.63. The Hall–Kier alpha value is -2.68. The van der Waals surface area contributed by atoms with Gasteiger partial charge in [0.2, 0.25) is 15.9 Å². The number of amides is 2. The fourth-order valence-electron chi connectivity index (χ4n) is 4.43. The van der Waals surface area contributed by atoms with Crippen LogP contribution in [0.2, 0.25) is 5.02 Å². The first-order valence-electron chi connectivity index (χ1n) is 11.2. The number of hydrogen-bond donors (Lipinski definition) is 2. The summed E-state index contributed by atoms with van der Waals surface area (Å²) >= 11 is 5.98. The summed E-state index contributed by atoms with van der Waals surface area (Å²) in [4.78, 5) is 24.2. The topological polar surface area (TPSA) is 95.6 Å². The van der Waals surface area contributed by atoms with E-state index in [1.807, 2.05) is 32.0 Å². The minimum Gasteiger partial charge on any atom is -0.352 e. The standard InChI is InChI=1S/C25H30ClN3O4S/c1-4-24(30)28-22-14-17(2)29(18(3)15-22)34(32,33)23-10-8-20(9-11-23)25(31)27-13-12-19-6-5-7-21(26)16-19/h4-11,16-18,22H,1,12-15H2,2-3H3,(H,27,31)(H,28,30). The number of nitrogens with zero attached hydrogens (tertiary/aromatic N) is 1. The molecule has 2 amide bonds. The van der Waals surface area contributed by atoms with Crippen molar-refractivity contribution in [2.24, 2.45) is 0 Å². The molecule has 1 aliphatic rings. The average molecular weight is 504 g/mol. The minimum absolute atomic E-state index is 0.111. The molecule has 2 atom stereocenters. The maximum atomic E-state index is 13.3. The monoisotopic (exact) mass is 503 g/mol. The Morgan fingerprint density at radius 1 is 1.12 bits per heavy atom. The van der Waals surface area contributed by atoms with Crippen molar-refractivity contribution in [1.82, 2.24) is 14.9 Å². The highest BCUT2D eigenvalue weighted by atomic mass is 35.5. The van der Waals surface area contributed by atoms with E-state index in [1.54, 1.807) is 6.07 Å². The number of benzene rings is 2. The molecule has 0 radical (unpaired) electrons.